The Labute approximate surface area is 295 Å². The first-order valence-electron chi connectivity index (χ1n) is 16.1. The summed E-state index contributed by atoms with van der Waals surface area (Å²) in [6, 6.07) is 10.5. The van der Waals surface area contributed by atoms with Gasteiger partial charge in [-0.2, -0.15) is 19.0 Å². The molecule has 51 heavy (non-hydrogen) atoms. The summed E-state index contributed by atoms with van der Waals surface area (Å²) in [5.41, 5.74) is 5.30. The number of ether oxygens (including phenoxy) is 1. The smallest absolute Gasteiger partial charge is 0.407 e. The summed E-state index contributed by atoms with van der Waals surface area (Å²) < 4.78 is 61.1. The monoisotopic (exact) mass is 729 g/mol. The Kier molecular flexibility index (Phi) is 9.33. The third-order valence-electron chi connectivity index (χ3n) is 8.95. The van der Waals surface area contributed by atoms with Gasteiger partial charge in [-0.25, -0.2) is 32.9 Å². The molecule has 0 bridgehead atoms. The van der Waals surface area contributed by atoms with E-state index in [1.165, 1.54) is 28.3 Å². The summed E-state index contributed by atoms with van der Waals surface area (Å²) >= 11 is 6.56. The van der Waals surface area contributed by atoms with Crippen molar-refractivity contribution >= 4 is 29.6 Å². The second kappa shape index (κ2) is 13.3. The molecule has 3 N–H and O–H groups in total. The van der Waals surface area contributed by atoms with Crippen LogP contribution < -0.4 is 11.1 Å². The van der Waals surface area contributed by atoms with Gasteiger partial charge in [0.2, 0.25) is 0 Å². The SMILES string of the molecule is Cc1ncnn1-c1cc([C@@H](COC(=O)NC2(C(F)F)CC2)N2C(=O)[C@@](CC(C)(C)C)(c3ccc(-c4cnn(C(F)F)c4)cc3)N=C2N)ccc1Cl. The highest BCUT2D eigenvalue weighted by Crippen LogP contribution is 2.46. The lowest BCUT2D eigenvalue weighted by Gasteiger charge is -2.35. The average molecular weight is 730 g/mol. The number of alkyl halides is 4. The minimum atomic E-state index is -2.80. The van der Waals surface area contributed by atoms with E-state index in [9.17, 15) is 27.2 Å². The standard InChI is InChI=1S/C34H36ClF4N9O3/c1-19-41-18-43-48(19)25-13-21(7-10-24(25)35)26(16-51-31(50)45-33(11-12-33)27(36)37)47-28(49)34(44-30(47)40,17-32(2,3)4)23-8-5-20(6-9-23)22-14-42-46(15-22)29(38)39/h5-10,13-15,18,26-27,29H,11-12,16-17H2,1-4H3,(H2,40,44)(H,45,50)/t26-,34-/m1/s1. The molecule has 1 fully saturated rings. The number of nitrogens with two attached hydrogens (primary N) is 1. The molecule has 0 unspecified atom stereocenters. The van der Waals surface area contributed by atoms with Gasteiger partial charge in [0.1, 0.15) is 24.3 Å². The number of hydrogen-bond acceptors (Lipinski definition) is 8. The molecule has 17 heteroatoms. The molecule has 6 rings (SSSR count). The molecule has 2 amide bonds. The van der Waals surface area contributed by atoms with E-state index >= 15 is 0 Å². The molecule has 270 valence electrons. The van der Waals surface area contributed by atoms with Gasteiger partial charge in [-0.05, 0) is 60.4 Å². The lowest BCUT2D eigenvalue weighted by Crippen LogP contribution is -2.48. The van der Waals surface area contributed by atoms with Crippen LogP contribution in [0.3, 0.4) is 0 Å². The number of hydrogen-bond donors (Lipinski definition) is 2. The number of benzene rings is 2. The molecule has 2 aromatic heterocycles. The highest BCUT2D eigenvalue weighted by atomic mass is 35.5. The molecule has 1 saturated carbocycles. The van der Waals surface area contributed by atoms with Gasteiger partial charge in [0.25, 0.3) is 12.3 Å². The second-order valence-electron chi connectivity index (χ2n) is 13.9. The normalized spacial score (nSPS) is 19.1. The third kappa shape index (κ3) is 7.01. The molecule has 1 aliphatic heterocycles. The first-order valence-corrected chi connectivity index (χ1v) is 16.4. The van der Waals surface area contributed by atoms with Crippen molar-refractivity contribution in [2.75, 3.05) is 6.61 Å². The van der Waals surface area contributed by atoms with Crippen LogP contribution in [0, 0.1) is 12.3 Å². The van der Waals surface area contributed by atoms with Gasteiger partial charge in [-0.1, -0.05) is 62.7 Å². The fourth-order valence-corrected chi connectivity index (χ4v) is 6.49. The topological polar surface area (TPSA) is 146 Å². The molecular formula is C34H36ClF4N9O3. The summed E-state index contributed by atoms with van der Waals surface area (Å²) in [5, 5.41) is 10.5. The Balaban J connectivity index is 1.39. The van der Waals surface area contributed by atoms with Crippen LogP contribution in [-0.4, -0.2) is 66.0 Å². The Hall–Kier alpha value is -4.99. The molecule has 0 saturated heterocycles. The molecule has 4 aromatic rings. The van der Waals surface area contributed by atoms with E-state index in [4.69, 9.17) is 27.1 Å². The number of aryl methyl sites for hydroxylation is 1. The minimum Gasteiger partial charge on any atom is -0.447 e. The quantitative estimate of drug-likeness (QED) is 0.167. The average Bonchev–Trinajstić information content (AvgIpc) is 3.35. The zero-order valence-corrected chi connectivity index (χ0v) is 28.9. The van der Waals surface area contributed by atoms with Crippen LogP contribution in [0.5, 0.6) is 0 Å². The van der Waals surface area contributed by atoms with Crippen molar-refractivity contribution in [1.29, 1.82) is 0 Å². The molecule has 0 spiro atoms. The van der Waals surface area contributed by atoms with E-state index in [1.54, 1.807) is 49.4 Å². The Morgan fingerprint density at radius 2 is 1.78 bits per heavy atom. The summed E-state index contributed by atoms with van der Waals surface area (Å²) in [5.74, 6) is -0.169. The maximum atomic E-state index is 14.9. The number of guanidine groups is 1. The van der Waals surface area contributed by atoms with Gasteiger partial charge in [-0.15, -0.1) is 0 Å². The molecule has 0 radical (unpaired) electrons. The summed E-state index contributed by atoms with van der Waals surface area (Å²) in [7, 11) is 0. The largest absolute Gasteiger partial charge is 0.447 e. The van der Waals surface area contributed by atoms with Gasteiger partial charge in [0, 0.05) is 11.8 Å². The van der Waals surface area contributed by atoms with Crippen LogP contribution >= 0.6 is 11.6 Å². The zero-order chi connectivity index (χ0) is 36.9. The predicted octanol–water partition coefficient (Wildman–Crippen LogP) is 6.54. The highest BCUT2D eigenvalue weighted by molar-refractivity contribution is 6.32. The molecule has 2 atom stereocenters. The van der Waals surface area contributed by atoms with Crippen LogP contribution in [0.2, 0.25) is 5.02 Å². The van der Waals surface area contributed by atoms with Crippen LogP contribution in [0.4, 0.5) is 22.4 Å². The van der Waals surface area contributed by atoms with E-state index < -0.39 is 54.1 Å². The number of rotatable bonds is 11. The van der Waals surface area contributed by atoms with Gasteiger partial charge in [0.15, 0.2) is 11.5 Å². The number of nitrogens with one attached hydrogen (secondary N) is 1. The number of halogens is 5. The van der Waals surface area contributed by atoms with Crippen molar-refractivity contribution in [3.63, 3.8) is 0 Å². The zero-order valence-electron chi connectivity index (χ0n) is 28.2. The van der Waals surface area contributed by atoms with Crippen LogP contribution in [0.1, 0.15) is 69.6 Å². The van der Waals surface area contributed by atoms with Crippen molar-refractivity contribution in [2.24, 2.45) is 16.1 Å². The number of nitrogens with zero attached hydrogens (tertiary/aromatic N) is 7. The van der Waals surface area contributed by atoms with E-state index in [1.807, 2.05) is 20.8 Å². The van der Waals surface area contributed by atoms with Gasteiger partial charge >= 0.3 is 12.6 Å². The molecule has 1 aliphatic carbocycles. The van der Waals surface area contributed by atoms with Crippen LogP contribution in [0.15, 0.2) is 66.2 Å². The van der Waals surface area contributed by atoms with Crippen LogP contribution in [-0.2, 0) is 15.1 Å². The van der Waals surface area contributed by atoms with E-state index in [-0.39, 0.29) is 25.2 Å². The lowest BCUT2D eigenvalue weighted by molar-refractivity contribution is -0.135. The van der Waals surface area contributed by atoms with E-state index in [2.05, 4.69) is 20.5 Å². The number of carbonyl (C=O) groups excluding carboxylic acids is 2. The number of carbonyl (C=O) groups is 2. The van der Waals surface area contributed by atoms with Crippen molar-refractivity contribution in [1.82, 2.24) is 34.8 Å². The molecule has 12 nitrogen and oxygen atoms in total. The molecule has 2 aromatic carbocycles. The number of aliphatic imine (C=N–C) groups is 1. The Bertz CT molecular complexity index is 1970. The van der Waals surface area contributed by atoms with Crippen molar-refractivity contribution in [3.8, 4) is 16.8 Å². The minimum absolute atomic E-state index is 0.105. The molecular weight excluding hydrogens is 694 g/mol. The van der Waals surface area contributed by atoms with Crippen molar-refractivity contribution in [2.45, 2.75) is 77.1 Å². The first kappa shape index (κ1) is 35.8. The maximum absolute atomic E-state index is 14.9. The number of alkyl carbamates (subject to hydrolysis) is 1. The van der Waals surface area contributed by atoms with E-state index in [0.717, 1.165) is 0 Å². The number of amides is 2. The van der Waals surface area contributed by atoms with E-state index in [0.29, 0.717) is 43.5 Å². The van der Waals surface area contributed by atoms with Crippen LogP contribution in [0.25, 0.3) is 16.8 Å². The van der Waals surface area contributed by atoms with Gasteiger partial charge < -0.3 is 15.8 Å². The predicted molar refractivity (Wildman–Crippen MR) is 179 cm³/mol. The van der Waals surface area contributed by atoms with Gasteiger partial charge in [-0.3, -0.25) is 9.69 Å². The Morgan fingerprint density at radius 1 is 1.08 bits per heavy atom. The third-order valence-corrected chi connectivity index (χ3v) is 9.27. The summed E-state index contributed by atoms with van der Waals surface area (Å²) in [6.07, 6.45) is 0.448. The lowest BCUT2D eigenvalue weighted by atomic mass is 9.75. The number of aromatic nitrogens is 5. The molecule has 2 aliphatic rings. The highest BCUT2D eigenvalue weighted by Gasteiger charge is 2.54. The Morgan fingerprint density at radius 3 is 2.35 bits per heavy atom. The van der Waals surface area contributed by atoms with Crippen molar-refractivity contribution in [3.05, 3.63) is 83.2 Å². The summed E-state index contributed by atoms with van der Waals surface area (Å²) in [6.45, 7) is 4.27. The molecule has 3 heterocycles. The fourth-order valence-electron chi connectivity index (χ4n) is 6.29. The maximum Gasteiger partial charge on any atom is 0.407 e. The van der Waals surface area contributed by atoms with Gasteiger partial charge in [0.05, 0.1) is 22.9 Å². The van der Waals surface area contributed by atoms with Crippen molar-refractivity contribution < 1.29 is 31.9 Å². The fraction of sp³-hybridized carbons (Fsp3) is 0.412. The summed E-state index contributed by atoms with van der Waals surface area (Å²) in [4.78, 5) is 37.9. The second-order valence-corrected chi connectivity index (χ2v) is 14.3. The first-order chi connectivity index (χ1) is 24.0.